The number of thiazole rings is 1. The Kier molecular flexibility index (Phi) is 4.32. The van der Waals surface area contributed by atoms with Crippen LogP contribution in [0.5, 0.6) is 0 Å². The van der Waals surface area contributed by atoms with Crippen molar-refractivity contribution in [3.63, 3.8) is 0 Å². The highest BCUT2D eigenvalue weighted by Crippen LogP contribution is 2.33. The highest BCUT2D eigenvalue weighted by Gasteiger charge is 2.36. The minimum atomic E-state index is -4.52. The van der Waals surface area contributed by atoms with E-state index >= 15 is 0 Å². The van der Waals surface area contributed by atoms with E-state index in [2.05, 4.69) is 10.3 Å². The molecule has 0 radical (unpaired) electrons. The number of aryl methyl sites for hydroxylation is 2. The first kappa shape index (κ1) is 15.5. The van der Waals surface area contributed by atoms with E-state index in [0.717, 1.165) is 11.1 Å². The van der Waals surface area contributed by atoms with E-state index < -0.39 is 17.1 Å². The van der Waals surface area contributed by atoms with Crippen LogP contribution >= 0.6 is 11.3 Å². The standard InChI is InChI=1S/C14H13F3N2OS/c1-8-4-3-5-10(6-8)7-18-12(20)11-9(2)19-13(21-11)14(15,16)17/h3-6H,7H2,1-2H3,(H,18,20). The Balaban J connectivity index is 2.09. The average Bonchev–Trinajstić information content (AvgIpc) is 2.78. The molecule has 0 aliphatic carbocycles. The van der Waals surface area contributed by atoms with Crippen molar-refractivity contribution >= 4 is 17.2 Å². The summed E-state index contributed by atoms with van der Waals surface area (Å²) in [5.74, 6) is -0.540. The van der Waals surface area contributed by atoms with Crippen LogP contribution < -0.4 is 5.32 Å². The first-order valence-corrected chi connectivity index (χ1v) is 6.97. The summed E-state index contributed by atoms with van der Waals surface area (Å²) >= 11 is 0.365. The summed E-state index contributed by atoms with van der Waals surface area (Å²) < 4.78 is 37.7. The molecule has 1 aromatic heterocycles. The SMILES string of the molecule is Cc1cccc(CNC(=O)c2sc(C(F)(F)F)nc2C)c1. The second kappa shape index (κ2) is 5.85. The molecule has 1 amide bonds. The molecule has 1 aromatic carbocycles. The van der Waals surface area contributed by atoms with Crippen molar-refractivity contribution in [2.45, 2.75) is 26.6 Å². The Hall–Kier alpha value is -1.89. The number of nitrogens with zero attached hydrogens (tertiary/aromatic N) is 1. The summed E-state index contributed by atoms with van der Waals surface area (Å²) in [5, 5.41) is 1.61. The maximum absolute atomic E-state index is 12.6. The van der Waals surface area contributed by atoms with Gasteiger partial charge in [-0.05, 0) is 19.4 Å². The van der Waals surface area contributed by atoms with E-state index in [4.69, 9.17) is 0 Å². The third-order valence-electron chi connectivity index (χ3n) is 2.78. The summed E-state index contributed by atoms with van der Waals surface area (Å²) in [7, 11) is 0. The number of alkyl halides is 3. The van der Waals surface area contributed by atoms with Crippen LogP contribution in [0.3, 0.4) is 0 Å². The summed E-state index contributed by atoms with van der Waals surface area (Å²) in [5.41, 5.74) is 2.03. The van der Waals surface area contributed by atoms with E-state index in [1.807, 2.05) is 31.2 Å². The van der Waals surface area contributed by atoms with Gasteiger partial charge in [0.05, 0.1) is 5.69 Å². The maximum Gasteiger partial charge on any atom is 0.443 e. The van der Waals surface area contributed by atoms with E-state index in [1.54, 1.807) is 0 Å². The number of carbonyl (C=O) groups excluding carboxylic acids is 1. The molecular weight excluding hydrogens is 301 g/mol. The highest BCUT2D eigenvalue weighted by molar-refractivity contribution is 7.13. The van der Waals surface area contributed by atoms with Gasteiger partial charge < -0.3 is 5.32 Å². The molecule has 0 saturated carbocycles. The molecular formula is C14H13F3N2OS. The number of aromatic nitrogens is 1. The van der Waals surface area contributed by atoms with Gasteiger partial charge in [-0.3, -0.25) is 4.79 Å². The average molecular weight is 314 g/mol. The molecule has 112 valence electrons. The third kappa shape index (κ3) is 3.81. The van der Waals surface area contributed by atoms with Crippen molar-refractivity contribution < 1.29 is 18.0 Å². The van der Waals surface area contributed by atoms with Gasteiger partial charge in [0.2, 0.25) is 0 Å². The smallest absolute Gasteiger partial charge is 0.347 e. The summed E-state index contributed by atoms with van der Waals surface area (Å²) in [6.45, 7) is 3.58. The lowest BCUT2D eigenvalue weighted by molar-refractivity contribution is -0.137. The monoisotopic (exact) mass is 314 g/mol. The zero-order valence-electron chi connectivity index (χ0n) is 11.4. The van der Waals surface area contributed by atoms with Gasteiger partial charge in [0, 0.05) is 6.54 Å². The Morgan fingerprint density at radius 3 is 2.62 bits per heavy atom. The van der Waals surface area contributed by atoms with Crippen molar-refractivity contribution in [3.05, 3.63) is 51.0 Å². The van der Waals surface area contributed by atoms with Crippen molar-refractivity contribution in [2.75, 3.05) is 0 Å². The fourth-order valence-electron chi connectivity index (χ4n) is 1.81. The first-order chi connectivity index (χ1) is 9.77. The molecule has 0 bridgehead atoms. The lowest BCUT2D eigenvalue weighted by Crippen LogP contribution is -2.22. The molecule has 2 rings (SSSR count). The van der Waals surface area contributed by atoms with Crippen LogP contribution in [0.1, 0.15) is 31.5 Å². The molecule has 1 heterocycles. The molecule has 3 nitrogen and oxygen atoms in total. The molecule has 0 saturated heterocycles. The zero-order valence-corrected chi connectivity index (χ0v) is 12.2. The third-order valence-corrected chi connectivity index (χ3v) is 3.98. The second-order valence-corrected chi connectivity index (χ2v) is 5.60. The van der Waals surface area contributed by atoms with Gasteiger partial charge in [0.1, 0.15) is 4.88 Å². The number of hydrogen-bond donors (Lipinski definition) is 1. The Bertz CT molecular complexity index is 664. The molecule has 7 heteroatoms. The predicted octanol–water partition coefficient (Wildman–Crippen LogP) is 3.71. The summed E-state index contributed by atoms with van der Waals surface area (Å²) in [6, 6.07) is 7.53. The van der Waals surface area contributed by atoms with Crippen LogP contribution in [0, 0.1) is 13.8 Å². The van der Waals surface area contributed by atoms with E-state index in [9.17, 15) is 18.0 Å². The van der Waals surface area contributed by atoms with Gasteiger partial charge in [-0.15, -0.1) is 11.3 Å². The van der Waals surface area contributed by atoms with E-state index in [1.165, 1.54) is 6.92 Å². The molecule has 0 unspecified atom stereocenters. The van der Waals surface area contributed by atoms with Crippen LogP contribution in [0.25, 0.3) is 0 Å². The normalized spacial score (nSPS) is 11.5. The van der Waals surface area contributed by atoms with Crippen molar-refractivity contribution in [2.24, 2.45) is 0 Å². The summed E-state index contributed by atoms with van der Waals surface area (Å²) in [4.78, 5) is 15.4. The molecule has 0 atom stereocenters. The molecule has 21 heavy (non-hydrogen) atoms. The fraction of sp³-hybridized carbons (Fsp3) is 0.286. The maximum atomic E-state index is 12.6. The number of rotatable bonds is 3. The fourth-order valence-corrected chi connectivity index (χ4v) is 2.66. The molecule has 0 aliphatic heterocycles. The molecule has 1 N–H and O–H groups in total. The number of benzene rings is 1. The van der Waals surface area contributed by atoms with Gasteiger partial charge in [-0.25, -0.2) is 4.98 Å². The molecule has 0 fully saturated rings. The molecule has 0 spiro atoms. The van der Waals surface area contributed by atoms with Crippen LogP contribution in [0.2, 0.25) is 0 Å². The lowest BCUT2D eigenvalue weighted by atomic mass is 10.1. The quantitative estimate of drug-likeness (QED) is 0.938. The Morgan fingerprint density at radius 2 is 2.05 bits per heavy atom. The van der Waals surface area contributed by atoms with Crippen LogP contribution in [0.4, 0.5) is 13.2 Å². The van der Waals surface area contributed by atoms with E-state index in [0.29, 0.717) is 11.3 Å². The number of carbonyl (C=O) groups is 1. The molecule has 0 aliphatic rings. The number of nitrogens with one attached hydrogen (secondary N) is 1. The highest BCUT2D eigenvalue weighted by atomic mass is 32.1. The zero-order chi connectivity index (χ0) is 15.6. The number of halogens is 3. The van der Waals surface area contributed by atoms with Gasteiger partial charge in [-0.2, -0.15) is 13.2 Å². The number of amides is 1. The number of hydrogen-bond acceptors (Lipinski definition) is 3. The van der Waals surface area contributed by atoms with Crippen LogP contribution in [-0.2, 0) is 12.7 Å². The second-order valence-electron chi connectivity index (χ2n) is 4.60. The lowest BCUT2D eigenvalue weighted by Gasteiger charge is -2.05. The van der Waals surface area contributed by atoms with Crippen LogP contribution in [0.15, 0.2) is 24.3 Å². The topological polar surface area (TPSA) is 42.0 Å². The van der Waals surface area contributed by atoms with Crippen molar-refractivity contribution in [3.8, 4) is 0 Å². The minimum absolute atomic E-state index is 0.00465. The van der Waals surface area contributed by atoms with Gasteiger partial charge in [0.25, 0.3) is 5.91 Å². The summed E-state index contributed by atoms with van der Waals surface area (Å²) in [6.07, 6.45) is -4.52. The van der Waals surface area contributed by atoms with Gasteiger partial charge in [0.15, 0.2) is 5.01 Å². The Labute approximate surface area is 123 Å². The van der Waals surface area contributed by atoms with Crippen molar-refractivity contribution in [1.82, 2.24) is 10.3 Å². The van der Waals surface area contributed by atoms with Gasteiger partial charge >= 0.3 is 6.18 Å². The Morgan fingerprint density at radius 1 is 1.33 bits per heavy atom. The largest absolute Gasteiger partial charge is 0.443 e. The van der Waals surface area contributed by atoms with Crippen LogP contribution in [-0.4, -0.2) is 10.9 Å². The molecule has 2 aromatic rings. The first-order valence-electron chi connectivity index (χ1n) is 6.16. The van der Waals surface area contributed by atoms with Gasteiger partial charge in [-0.1, -0.05) is 29.8 Å². The minimum Gasteiger partial charge on any atom is -0.347 e. The van der Waals surface area contributed by atoms with Crippen molar-refractivity contribution in [1.29, 1.82) is 0 Å². The van der Waals surface area contributed by atoms with E-state index in [-0.39, 0.29) is 17.1 Å². The predicted molar refractivity (Wildman–Crippen MR) is 74.2 cm³/mol.